The number of carbonyl (C=O) groups excluding carboxylic acids is 1. The maximum atomic E-state index is 11.9. The number of hydrogen-bond donors (Lipinski definition) is 1. The lowest BCUT2D eigenvalue weighted by Crippen LogP contribution is -2.36. The normalized spacial score (nSPS) is 10.2. The Labute approximate surface area is 134 Å². The summed E-state index contributed by atoms with van der Waals surface area (Å²) >= 11 is 0. The predicted octanol–water partition coefficient (Wildman–Crippen LogP) is 3.73. The summed E-state index contributed by atoms with van der Waals surface area (Å²) in [6, 6.07) is 1.94. The molecule has 0 rings (SSSR count). The molecule has 0 bridgehead atoms. The fourth-order valence-electron chi connectivity index (χ4n) is 2.39. The monoisotopic (exact) mass is 310 g/mol. The smallest absolute Gasteiger partial charge is 0.323 e. The number of aliphatic carboxylic acids is 1. The summed E-state index contributed by atoms with van der Waals surface area (Å²) in [5.41, 5.74) is 0. The molecule has 1 amide bonds. The Bertz CT molecular complexity index is 350. The Balaban J connectivity index is 3.71. The highest BCUT2D eigenvalue weighted by atomic mass is 16.4. The van der Waals surface area contributed by atoms with Crippen LogP contribution in [0.1, 0.15) is 77.6 Å². The number of rotatable bonds is 14. The first-order valence-corrected chi connectivity index (χ1v) is 8.48. The van der Waals surface area contributed by atoms with Crippen LogP contribution in [0.4, 0.5) is 0 Å². The van der Waals surface area contributed by atoms with Crippen molar-refractivity contribution in [1.29, 1.82) is 5.26 Å². The van der Waals surface area contributed by atoms with Gasteiger partial charge in [-0.3, -0.25) is 9.59 Å². The third-order valence-electron chi connectivity index (χ3n) is 3.67. The van der Waals surface area contributed by atoms with Gasteiger partial charge in [-0.15, -0.1) is 0 Å². The lowest BCUT2D eigenvalue weighted by Gasteiger charge is -2.19. The van der Waals surface area contributed by atoms with Crippen molar-refractivity contribution < 1.29 is 14.7 Å². The largest absolute Gasteiger partial charge is 0.480 e. The Morgan fingerprint density at radius 3 is 2.05 bits per heavy atom. The van der Waals surface area contributed by atoms with Crippen LogP contribution in [0.5, 0.6) is 0 Å². The van der Waals surface area contributed by atoms with E-state index in [1.807, 2.05) is 6.07 Å². The fraction of sp³-hybridized carbons (Fsp3) is 0.824. The fourth-order valence-corrected chi connectivity index (χ4v) is 2.39. The van der Waals surface area contributed by atoms with Gasteiger partial charge < -0.3 is 10.0 Å². The topological polar surface area (TPSA) is 81.4 Å². The molecule has 0 heterocycles. The maximum Gasteiger partial charge on any atom is 0.323 e. The summed E-state index contributed by atoms with van der Waals surface area (Å²) in [6.07, 6.45) is 11.2. The van der Waals surface area contributed by atoms with Crippen molar-refractivity contribution in [2.24, 2.45) is 0 Å². The summed E-state index contributed by atoms with van der Waals surface area (Å²) in [5.74, 6) is -1.18. The highest BCUT2D eigenvalue weighted by Crippen LogP contribution is 2.11. The molecule has 0 aliphatic rings. The van der Waals surface area contributed by atoms with Crippen LogP contribution in [-0.4, -0.2) is 35.0 Å². The quantitative estimate of drug-likeness (QED) is 0.496. The van der Waals surface area contributed by atoms with Gasteiger partial charge in [0.25, 0.3) is 0 Å². The molecule has 1 N–H and O–H groups in total. The van der Waals surface area contributed by atoms with Crippen molar-refractivity contribution in [2.75, 3.05) is 13.1 Å². The van der Waals surface area contributed by atoms with Crippen LogP contribution in [0.25, 0.3) is 0 Å². The summed E-state index contributed by atoms with van der Waals surface area (Å²) in [4.78, 5) is 23.9. The van der Waals surface area contributed by atoms with Gasteiger partial charge in [-0.25, -0.2) is 0 Å². The number of hydrogen-bond acceptors (Lipinski definition) is 3. The van der Waals surface area contributed by atoms with Gasteiger partial charge >= 0.3 is 5.97 Å². The molecule has 0 spiro atoms. The molecule has 0 aliphatic heterocycles. The summed E-state index contributed by atoms with van der Waals surface area (Å²) in [7, 11) is 0. The van der Waals surface area contributed by atoms with Crippen molar-refractivity contribution in [1.82, 2.24) is 4.90 Å². The average molecular weight is 310 g/mol. The molecule has 0 atom stereocenters. The van der Waals surface area contributed by atoms with E-state index in [4.69, 9.17) is 10.4 Å². The molecule has 0 aromatic carbocycles. The minimum Gasteiger partial charge on any atom is -0.480 e. The zero-order valence-electron chi connectivity index (χ0n) is 13.9. The lowest BCUT2D eigenvalue weighted by atomic mass is 10.1. The molecule has 126 valence electrons. The first kappa shape index (κ1) is 20.4. The van der Waals surface area contributed by atoms with Gasteiger partial charge in [0.15, 0.2) is 0 Å². The van der Waals surface area contributed by atoms with Gasteiger partial charge in [-0.05, 0) is 6.42 Å². The third-order valence-corrected chi connectivity index (χ3v) is 3.67. The van der Waals surface area contributed by atoms with E-state index in [0.29, 0.717) is 6.42 Å². The molecule has 0 radical (unpaired) electrons. The number of carboxylic acids is 1. The molecule has 0 unspecified atom stereocenters. The second-order valence-corrected chi connectivity index (χ2v) is 5.70. The standard InChI is InChI=1S/C17H30N2O3/c1-2-3-4-5-6-7-8-9-10-12-16(20)19(14-11-13-18)15-17(21)22/h2-12,14-15H2,1H3,(H,21,22). The molecule has 5 nitrogen and oxygen atoms in total. The van der Waals surface area contributed by atoms with E-state index in [2.05, 4.69) is 6.92 Å². The molecule has 0 aromatic heterocycles. The minimum atomic E-state index is -1.03. The Morgan fingerprint density at radius 2 is 1.55 bits per heavy atom. The van der Waals surface area contributed by atoms with Crippen LogP contribution in [-0.2, 0) is 9.59 Å². The Morgan fingerprint density at radius 1 is 1.00 bits per heavy atom. The first-order chi connectivity index (χ1) is 10.6. The van der Waals surface area contributed by atoms with E-state index in [1.54, 1.807) is 0 Å². The van der Waals surface area contributed by atoms with E-state index in [1.165, 1.54) is 43.4 Å². The van der Waals surface area contributed by atoms with Crippen LogP contribution in [0.2, 0.25) is 0 Å². The first-order valence-electron chi connectivity index (χ1n) is 8.48. The van der Waals surface area contributed by atoms with E-state index in [-0.39, 0.29) is 25.4 Å². The molecular formula is C17H30N2O3. The molecular weight excluding hydrogens is 280 g/mol. The second kappa shape index (κ2) is 14.4. The molecule has 0 saturated carbocycles. The molecule has 22 heavy (non-hydrogen) atoms. The highest BCUT2D eigenvalue weighted by Gasteiger charge is 2.15. The van der Waals surface area contributed by atoms with E-state index < -0.39 is 5.97 Å². The van der Waals surface area contributed by atoms with E-state index in [9.17, 15) is 9.59 Å². The van der Waals surface area contributed by atoms with Crippen molar-refractivity contribution in [2.45, 2.75) is 77.6 Å². The lowest BCUT2D eigenvalue weighted by molar-refractivity contribution is -0.144. The van der Waals surface area contributed by atoms with Gasteiger partial charge in [0.2, 0.25) is 5.91 Å². The van der Waals surface area contributed by atoms with Gasteiger partial charge in [0.1, 0.15) is 6.54 Å². The molecule has 5 heteroatoms. The number of carboxylic acid groups (broad SMARTS) is 1. The van der Waals surface area contributed by atoms with Crippen LogP contribution >= 0.6 is 0 Å². The van der Waals surface area contributed by atoms with Crippen molar-refractivity contribution >= 4 is 11.9 Å². The molecule has 0 aliphatic carbocycles. The SMILES string of the molecule is CCCCCCCCCCCC(=O)N(CCC#N)CC(=O)O. The summed E-state index contributed by atoms with van der Waals surface area (Å²) < 4.78 is 0. The van der Waals surface area contributed by atoms with Gasteiger partial charge in [-0.2, -0.15) is 5.26 Å². The van der Waals surface area contributed by atoms with Crippen LogP contribution in [0.15, 0.2) is 0 Å². The number of amides is 1. The second-order valence-electron chi connectivity index (χ2n) is 5.70. The molecule has 0 aromatic rings. The van der Waals surface area contributed by atoms with Gasteiger partial charge in [0, 0.05) is 13.0 Å². The average Bonchev–Trinajstić information content (AvgIpc) is 2.49. The number of nitriles is 1. The molecule has 0 fully saturated rings. The zero-order chi connectivity index (χ0) is 16.6. The number of carbonyl (C=O) groups is 2. The third kappa shape index (κ3) is 12.2. The minimum absolute atomic E-state index is 0.152. The number of unbranched alkanes of at least 4 members (excludes halogenated alkanes) is 8. The predicted molar refractivity (Wildman–Crippen MR) is 86.3 cm³/mol. The van der Waals surface area contributed by atoms with Crippen LogP contribution < -0.4 is 0 Å². The van der Waals surface area contributed by atoms with Crippen molar-refractivity contribution in [3.8, 4) is 6.07 Å². The Kier molecular flexibility index (Phi) is 13.3. The van der Waals surface area contributed by atoms with E-state index in [0.717, 1.165) is 19.3 Å². The summed E-state index contributed by atoms with van der Waals surface area (Å²) in [5, 5.41) is 17.3. The molecule has 0 saturated heterocycles. The number of nitrogens with zero attached hydrogens (tertiary/aromatic N) is 2. The van der Waals surface area contributed by atoms with Gasteiger partial charge in [0.05, 0.1) is 12.5 Å². The van der Waals surface area contributed by atoms with Crippen LogP contribution in [0.3, 0.4) is 0 Å². The highest BCUT2D eigenvalue weighted by molar-refractivity contribution is 5.81. The maximum absolute atomic E-state index is 11.9. The van der Waals surface area contributed by atoms with E-state index >= 15 is 0 Å². The van der Waals surface area contributed by atoms with Gasteiger partial charge in [-0.1, -0.05) is 58.3 Å². The Hall–Kier alpha value is -1.57. The zero-order valence-corrected chi connectivity index (χ0v) is 13.9. The van der Waals surface area contributed by atoms with Crippen LogP contribution in [0, 0.1) is 11.3 Å². The van der Waals surface area contributed by atoms with Crippen molar-refractivity contribution in [3.05, 3.63) is 0 Å². The van der Waals surface area contributed by atoms with Crippen molar-refractivity contribution in [3.63, 3.8) is 0 Å². The summed E-state index contributed by atoms with van der Waals surface area (Å²) in [6.45, 7) is 2.11.